The minimum Gasteiger partial charge on any atom is -0.508 e. The van der Waals surface area contributed by atoms with Crippen LogP contribution in [0.2, 0.25) is 0 Å². The lowest BCUT2D eigenvalue weighted by Crippen LogP contribution is -2.45. The van der Waals surface area contributed by atoms with Gasteiger partial charge in [-0.2, -0.15) is 0 Å². The fourth-order valence-corrected chi connectivity index (χ4v) is 7.36. The summed E-state index contributed by atoms with van der Waals surface area (Å²) in [5, 5.41) is 39.9. The first-order valence-corrected chi connectivity index (χ1v) is 15.7. The van der Waals surface area contributed by atoms with E-state index in [1.807, 2.05) is 0 Å². The Morgan fingerprint density at radius 3 is 1.64 bits per heavy atom. The van der Waals surface area contributed by atoms with Crippen molar-refractivity contribution >= 4 is 0 Å². The van der Waals surface area contributed by atoms with E-state index in [0.29, 0.717) is 45.2 Å². The van der Waals surface area contributed by atoms with E-state index in [9.17, 15) is 20.4 Å². The molecule has 0 bridgehead atoms. The van der Waals surface area contributed by atoms with Gasteiger partial charge >= 0.3 is 0 Å². The molecule has 0 heterocycles. The van der Waals surface area contributed by atoms with Crippen LogP contribution < -0.4 is 4.74 Å². The van der Waals surface area contributed by atoms with E-state index >= 15 is 0 Å². The van der Waals surface area contributed by atoms with Crippen LogP contribution in [0.4, 0.5) is 0 Å². The van der Waals surface area contributed by atoms with E-state index in [1.54, 1.807) is 32.9 Å². The maximum atomic E-state index is 10.1. The fraction of sp³-hybridized carbons (Fsp3) is 0.657. The van der Waals surface area contributed by atoms with Crippen LogP contribution in [0, 0.1) is 11.3 Å². The lowest BCUT2D eigenvalue weighted by molar-refractivity contribution is 0.0578. The van der Waals surface area contributed by atoms with Gasteiger partial charge < -0.3 is 25.2 Å². The van der Waals surface area contributed by atoms with Gasteiger partial charge in [-0.1, -0.05) is 45.0 Å². The Labute approximate surface area is 254 Å². The highest BCUT2D eigenvalue weighted by molar-refractivity contribution is 5.44. The summed E-state index contributed by atoms with van der Waals surface area (Å²) < 4.78 is 6.37. The SMILES string of the molecule is CC(O)CN(CCN(CC(C)O)CC(C)Oc1ccc(C2(c3ccc(O)cc3)CC(C)CC(C)(C)C2)cc1)CC(C)O. The standard InChI is InChI=1S/C35H56N2O5/c1-25-18-34(6,7)24-35(19-25,30-8-12-32(41)13-9-30)31-10-14-33(15-11-31)42-29(5)23-37(22-28(4)40)17-16-36(20-26(2)38)21-27(3)39/h8-15,25-29,38-41H,16-24H2,1-7H3. The molecule has 0 saturated heterocycles. The van der Waals surface area contributed by atoms with Crippen LogP contribution >= 0.6 is 0 Å². The molecule has 4 N–H and O–H groups in total. The van der Waals surface area contributed by atoms with E-state index in [2.05, 4.69) is 73.9 Å². The van der Waals surface area contributed by atoms with Crippen LogP contribution in [0.25, 0.3) is 0 Å². The number of hydrogen-bond acceptors (Lipinski definition) is 7. The zero-order valence-corrected chi connectivity index (χ0v) is 27.0. The lowest BCUT2D eigenvalue weighted by Gasteiger charge is -2.48. The third-order valence-electron chi connectivity index (χ3n) is 8.36. The molecule has 0 amide bonds. The summed E-state index contributed by atoms with van der Waals surface area (Å²) in [6, 6.07) is 16.3. The van der Waals surface area contributed by atoms with E-state index in [0.717, 1.165) is 18.6 Å². The summed E-state index contributed by atoms with van der Waals surface area (Å²) in [5.41, 5.74) is 2.60. The molecular formula is C35H56N2O5. The van der Waals surface area contributed by atoms with Gasteiger partial charge in [-0.3, -0.25) is 9.80 Å². The summed E-state index contributed by atoms with van der Waals surface area (Å²) >= 11 is 0. The molecule has 7 nitrogen and oxygen atoms in total. The van der Waals surface area contributed by atoms with Crippen molar-refractivity contribution in [1.29, 1.82) is 0 Å². The van der Waals surface area contributed by atoms with E-state index in [-0.39, 0.29) is 22.7 Å². The highest BCUT2D eigenvalue weighted by Crippen LogP contribution is 2.53. The number of hydrogen-bond donors (Lipinski definition) is 4. The quantitative estimate of drug-likeness (QED) is 0.233. The Balaban J connectivity index is 1.73. The van der Waals surface area contributed by atoms with Gasteiger partial charge in [0.25, 0.3) is 0 Å². The first-order chi connectivity index (χ1) is 19.7. The molecule has 42 heavy (non-hydrogen) atoms. The van der Waals surface area contributed by atoms with Crippen molar-refractivity contribution in [2.45, 2.75) is 97.6 Å². The third-order valence-corrected chi connectivity index (χ3v) is 8.36. The van der Waals surface area contributed by atoms with Crippen LogP contribution in [-0.2, 0) is 5.41 Å². The number of aromatic hydroxyl groups is 1. The molecule has 7 heteroatoms. The summed E-state index contributed by atoms with van der Waals surface area (Å²) in [6.45, 7) is 18.0. The number of aliphatic hydroxyl groups excluding tert-OH is 3. The maximum Gasteiger partial charge on any atom is 0.119 e. The van der Waals surface area contributed by atoms with Crippen molar-refractivity contribution in [3.8, 4) is 11.5 Å². The van der Waals surface area contributed by atoms with Gasteiger partial charge in [0, 0.05) is 44.7 Å². The summed E-state index contributed by atoms with van der Waals surface area (Å²) in [7, 11) is 0. The van der Waals surface area contributed by atoms with Gasteiger partial charge in [0.1, 0.15) is 17.6 Å². The molecule has 1 saturated carbocycles. The normalized spacial score (nSPS) is 23.5. The number of phenols is 1. The molecule has 2 aromatic carbocycles. The molecule has 1 aliphatic carbocycles. The van der Waals surface area contributed by atoms with E-state index in [1.165, 1.54) is 17.5 Å². The van der Waals surface area contributed by atoms with Gasteiger partial charge in [0.05, 0.1) is 18.3 Å². The minimum atomic E-state index is -0.477. The molecule has 0 aromatic heterocycles. The number of aliphatic hydroxyl groups is 3. The first-order valence-electron chi connectivity index (χ1n) is 15.7. The van der Waals surface area contributed by atoms with Crippen LogP contribution in [-0.4, -0.2) is 93.9 Å². The predicted molar refractivity (Wildman–Crippen MR) is 170 cm³/mol. The van der Waals surface area contributed by atoms with Crippen molar-refractivity contribution in [2.75, 3.05) is 39.3 Å². The fourth-order valence-electron chi connectivity index (χ4n) is 7.36. The first kappa shape index (κ1) is 34.3. The number of nitrogens with zero attached hydrogens (tertiary/aromatic N) is 2. The van der Waals surface area contributed by atoms with Crippen molar-refractivity contribution in [3.63, 3.8) is 0 Å². The molecule has 0 aliphatic heterocycles. The predicted octanol–water partition coefficient (Wildman–Crippen LogP) is 5.04. The molecule has 1 aliphatic rings. The Morgan fingerprint density at radius 2 is 1.19 bits per heavy atom. The number of benzene rings is 2. The zero-order chi connectivity index (χ0) is 31.1. The van der Waals surface area contributed by atoms with Crippen molar-refractivity contribution in [3.05, 3.63) is 59.7 Å². The second-order valence-electron chi connectivity index (χ2n) is 14.0. The molecule has 236 valence electrons. The second-order valence-corrected chi connectivity index (χ2v) is 14.0. The van der Waals surface area contributed by atoms with Crippen LogP contribution in [0.1, 0.15) is 78.9 Å². The Bertz CT molecular complexity index is 1060. The Kier molecular flexibility index (Phi) is 12.3. The smallest absolute Gasteiger partial charge is 0.119 e. The summed E-state index contributed by atoms with van der Waals surface area (Å²) in [5.74, 6) is 1.69. The monoisotopic (exact) mass is 584 g/mol. The van der Waals surface area contributed by atoms with Crippen molar-refractivity contribution in [1.82, 2.24) is 9.80 Å². The largest absolute Gasteiger partial charge is 0.508 e. The molecular weight excluding hydrogens is 528 g/mol. The lowest BCUT2D eigenvalue weighted by atomic mass is 9.55. The van der Waals surface area contributed by atoms with Crippen LogP contribution in [0.15, 0.2) is 48.5 Å². The summed E-state index contributed by atoms with van der Waals surface area (Å²) in [6.07, 6.45) is 1.78. The molecule has 0 radical (unpaired) electrons. The second kappa shape index (κ2) is 15.0. The molecule has 6 atom stereocenters. The molecule has 3 rings (SSSR count). The van der Waals surface area contributed by atoms with Gasteiger partial charge in [-0.05, 0) is 93.7 Å². The topological polar surface area (TPSA) is 96.6 Å². The highest BCUT2D eigenvalue weighted by Gasteiger charge is 2.45. The molecule has 2 aromatic rings. The summed E-state index contributed by atoms with van der Waals surface area (Å²) in [4.78, 5) is 4.25. The van der Waals surface area contributed by atoms with E-state index in [4.69, 9.17) is 4.74 Å². The van der Waals surface area contributed by atoms with Gasteiger partial charge in [-0.15, -0.1) is 0 Å². The average Bonchev–Trinajstić information content (AvgIpc) is 2.85. The van der Waals surface area contributed by atoms with Gasteiger partial charge in [0.2, 0.25) is 0 Å². The number of ether oxygens (including phenoxy) is 1. The maximum absolute atomic E-state index is 10.1. The highest BCUT2D eigenvalue weighted by atomic mass is 16.5. The zero-order valence-electron chi connectivity index (χ0n) is 27.0. The average molecular weight is 585 g/mol. The van der Waals surface area contributed by atoms with E-state index < -0.39 is 18.3 Å². The minimum absolute atomic E-state index is 0.101. The number of rotatable bonds is 15. The van der Waals surface area contributed by atoms with Crippen LogP contribution in [0.3, 0.4) is 0 Å². The van der Waals surface area contributed by atoms with Crippen molar-refractivity contribution in [2.24, 2.45) is 11.3 Å². The molecule has 0 spiro atoms. The third kappa shape index (κ3) is 10.2. The Hall–Kier alpha value is -2.16. The van der Waals surface area contributed by atoms with Crippen LogP contribution in [0.5, 0.6) is 11.5 Å². The van der Waals surface area contributed by atoms with Gasteiger partial charge in [-0.25, -0.2) is 0 Å². The molecule has 6 unspecified atom stereocenters. The number of phenolic OH excluding ortho intramolecular Hbond substituents is 1. The molecule has 1 fully saturated rings. The van der Waals surface area contributed by atoms with Crippen molar-refractivity contribution < 1.29 is 25.2 Å². The Morgan fingerprint density at radius 1 is 0.738 bits per heavy atom. The van der Waals surface area contributed by atoms with Gasteiger partial charge in [0.15, 0.2) is 0 Å².